The van der Waals surface area contributed by atoms with Crippen LogP contribution in [0.5, 0.6) is 0 Å². The third kappa shape index (κ3) is 4.84. The molecular formula is C18H19N5OS. The van der Waals surface area contributed by atoms with Gasteiger partial charge in [0.2, 0.25) is 5.95 Å². The second kappa shape index (κ2) is 7.85. The minimum Gasteiger partial charge on any atom is -0.352 e. The largest absolute Gasteiger partial charge is 0.352 e. The van der Waals surface area contributed by atoms with E-state index in [9.17, 15) is 4.79 Å². The Bertz CT molecular complexity index is 826. The molecule has 6 nitrogen and oxygen atoms in total. The van der Waals surface area contributed by atoms with Crippen LogP contribution in [-0.4, -0.2) is 27.4 Å². The number of thiazole rings is 1. The van der Waals surface area contributed by atoms with Crippen LogP contribution in [0.25, 0.3) is 0 Å². The van der Waals surface area contributed by atoms with Crippen LogP contribution in [0.3, 0.4) is 0 Å². The number of nitrogens with zero attached hydrogens (tertiary/aromatic N) is 3. The van der Waals surface area contributed by atoms with Crippen LogP contribution in [0.15, 0.2) is 41.9 Å². The van der Waals surface area contributed by atoms with Gasteiger partial charge in [0.1, 0.15) is 0 Å². The number of carbonyl (C=O) groups is 1. The molecule has 1 amide bonds. The number of amides is 1. The third-order valence-corrected chi connectivity index (χ3v) is 4.33. The van der Waals surface area contributed by atoms with Crippen LogP contribution in [0, 0.1) is 13.8 Å². The van der Waals surface area contributed by atoms with E-state index in [2.05, 4.69) is 25.6 Å². The zero-order valence-corrected chi connectivity index (χ0v) is 14.9. The van der Waals surface area contributed by atoms with Crippen molar-refractivity contribution in [3.05, 3.63) is 63.9 Å². The van der Waals surface area contributed by atoms with E-state index >= 15 is 0 Å². The average molecular weight is 353 g/mol. The first-order valence-corrected chi connectivity index (χ1v) is 8.84. The van der Waals surface area contributed by atoms with Gasteiger partial charge in [-0.25, -0.2) is 15.0 Å². The fourth-order valence-corrected chi connectivity index (χ4v) is 3.00. The van der Waals surface area contributed by atoms with E-state index in [0.717, 1.165) is 28.5 Å². The first-order chi connectivity index (χ1) is 12.1. The molecule has 0 bridgehead atoms. The van der Waals surface area contributed by atoms with Gasteiger partial charge in [0.05, 0.1) is 5.01 Å². The van der Waals surface area contributed by atoms with Gasteiger partial charge in [-0.1, -0.05) is 0 Å². The molecule has 0 saturated carbocycles. The Morgan fingerprint density at radius 1 is 1.12 bits per heavy atom. The number of benzene rings is 1. The lowest BCUT2D eigenvalue weighted by Gasteiger charge is -2.08. The number of aryl methyl sites for hydroxylation is 2. The predicted octanol–water partition coefficient (Wildman–Crippen LogP) is 3.27. The first-order valence-electron chi connectivity index (χ1n) is 7.96. The summed E-state index contributed by atoms with van der Waals surface area (Å²) in [5, 5.41) is 9.01. The summed E-state index contributed by atoms with van der Waals surface area (Å²) in [5.74, 6) is 0.462. The highest BCUT2D eigenvalue weighted by atomic mass is 32.1. The minimum absolute atomic E-state index is 0.0919. The van der Waals surface area contributed by atoms with Gasteiger partial charge in [-0.15, -0.1) is 11.3 Å². The number of carbonyl (C=O) groups excluding carboxylic acids is 1. The molecule has 0 spiro atoms. The van der Waals surface area contributed by atoms with E-state index in [0.29, 0.717) is 18.1 Å². The topological polar surface area (TPSA) is 79.8 Å². The van der Waals surface area contributed by atoms with Crippen LogP contribution < -0.4 is 10.6 Å². The van der Waals surface area contributed by atoms with Gasteiger partial charge >= 0.3 is 0 Å². The Morgan fingerprint density at radius 3 is 2.48 bits per heavy atom. The predicted molar refractivity (Wildman–Crippen MR) is 99.4 cm³/mol. The maximum atomic E-state index is 12.2. The van der Waals surface area contributed by atoms with E-state index in [1.165, 1.54) is 0 Å². The van der Waals surface area contributed by atoms with Crippen molar-refractivity contribution in [3.8, 4) is 0 Å². The molecule has 0 fully saturated rings. The second-order valence-corrected chi connectivity index (χ2v) is 6.59. The molecule has 2 heterocycles. The normalized spacial score (nSPS) is 10.5. The third-order valence-electron chi connectivity index (χ3n) is 3.49. The van der Waals surface area contributed by atoms with E-state index in [1.54, 1.807) is 29.7 Å². The summed E-state index contributed by atoms with van der Waals surface area (Å²) in [6, 6.07) is 9.17. The molecule has 128 valence electrons. The van der Waals surface area contributed by atoms with Gasteiger partial charge in [-0.05, 0) is 44.2 Å². The van der Waals surface area contributed by atoms with Gasteiger partial charge in [-0.3, -0.25) is 4.79 Å². The Morgan fingerprint density at radius 2 is 1.84 bits per heavy atom. The quantitative estimate of drug-likeness (QED) is 0.711. The Balaban J connectivity index is 1.56. The van der Waals surface area contributed by atoms with Gasteiger partial charge in [0.25, 0.3) is 5.91 Å². The highest BCUT2D eigenvalue weighted by Gasteiger charge is 2.06. The molecule has 1 aromatic carbocycles. The number of aromatic nitrogens is 3. The zero-order valence-electron chi connectivity index (χ0n) is 14.1. The van der Waals surface area contributed by atoms with Crippen molar-refractivity contribution in [2.24, 2.45) is 0 Å². The van der Waals surface area contributed by atoms with Crippen molar-refractivity contribution in [1.82, 2.24) is 20.3 Å². The summed E-state index contributed by atoms with van der Waals surface area (Å²) in [6.45, 7) is 4.43. The van der Waals surface area contributed by atoms with E-state index in [-0.39, 0.29) is 5.91 Å². The summed E-state index contributed by atoms with van der Waals surface area (Å²) >= 11 is 1.59. The average Bonchev–Trinajstić information content (AvgIpc) is 3.08. The number of anilines is 2. The van der Waals surface area contributed by atoms with Crippen LogP contribution >= 0.6 is 11.3 Å². The highest BCUT2D eigenvalue weighted by Crippen LogP contribution is 2.15. The van der Waals surface area contributed by atoms with Crippen LogP contribution in [-0.2, 0) is 6.42 Å². The molecule has 0 radical (unpaired) electrons. The van der Waals surface area contributed by atoms with Gasteiger partial charge in [0.15, 0.2) is 0 Å². The molecule has 2 N–H and O–H groups in total. The monoisotopic (exact) mass is 353 g/mol. The lowest BCUT2D eigenvalue weighted by Crippen LogP contribution is -2.25. The molecular weight excluding hydrogens is 334 g/mol. The first kappa shape index (κ1) is 17.0. The van der Waals surface area contributed by atoms with E-state index in [1.807, 2.05) is 37.4 Å². The number of hydrogen-bond acceptors (Lipinski definition) is 6. The fourth-order valence-electron chi connectivity index (χ4n) is 2.38. The molecule has 2 aromatic heterocycles. The summed E-state index contributed by atoms with van der Waals surface area (Å²) < 4.78 is 0. The maximum absolute atomic E-state index is 12.2. The van der Waals surface area contributed by atoms with Crippen molar-refractivity contribution in [3.63, 3.8) is 0 Å². The van der Waals surface area contributed by atoms with Crippen molar-refractivity contribution in [2.75, 3.05) is 11.9 Å². The summed E-state index contributed by atoms with van der Waals surface area (Å²) in [4.78, 5) is 25.0. The van der Waals surface area contributed by atoms with Gasteiger partial charge in [0, 0.05) is 47.2 Å². The molecule has 0 aliphatic carbocycles. The molecule has 3 rings (SSSR count). The number of rotatable bonds is 6. The molecule has 0 aliphatic rings. The Kier molecular flexibility index (Phi) is 5.35. The SMILES string of the molecule is Cc1cc(C)nc(Nc2ccc(C(=O)NCCc3nccs3)cc2)n1. The van der Waals surface area contributed by atoms with Crippen molar-refractivity contribution >= 4 is 28.9 Å². The fraction of sp³-hybridized carbons (Fsp3) is 0.222. The number of nitrogens with one attached hydrogen (secondary N) is 2. The summed E-state index contributed by atoms with van der Waals surface area (Å²) in [7, 11) is 0. The molecule has 0 atom stereocenters. The molecule has 7 heteroatoms. The molecule has 0 saturated heterocycles. The highest BCUT2D eigenvalue weighted by molar-refractivity contribution is 7.09. The lowest BCUT2D eigenvalue weighted by atomic mass is 10.2. The summed E-state index contributed by atoms with van der Waals surface area (Å²) in [6.07, 6.45) is 2.51. The van der Waals surface area contributed by atoms with E-state index in [4.69, 9.17) is 0 Å². The number of hydrogen-bond donors (Lipinski definition) is 2. The summed E-state index contributed by atoms with van der Waals surface area (Å²) in [5.41, 5.74) is 3.27. The van der Waals surface area contributed by atoms with Crippen LogP contribution in [0.4, 0.5) is 11.6 Å². The standard InChI is InChI=1S/C18H19N5OS/c1-12-11-13(2)22-18(21-12)23-15-5-3-14(4-6-15)17(24)20-8-7-16-19-9-10-25-16/h3-6,9-11H,7-8H2,1-2H3,(H,20,24)(H,21,22,23). The smallest absolute Gasteiger partial charge is 0.251 e. The van der Waals surface area contributed by atoms with Crippen molar-refractivity contribution in [1.29, 1.82) is 0 Å². The van der Waals surface area contributed by atoms with Crippen LogP contribution in [0.2, 0.25) is 0 Å². The Hall–Kier alpha value is -2.80. The maximum Gasteiger partial charge on any atom is 0.251 e. The van der Waals surface area contributed by atoms with Crippen molar-refractivity contribution < 1.29 is 4.79 Å². The molecule has 0 aliphatic heterocycles. The zero-order chi connectivity index (χ0) is 17.6. The van der Waals surface area contributed by atoms with Gasteiger partial charge in [-0.2, -0.15) is 0 Å². The van der Waals surface area contributed by atoms with E-state index < -0.39 is 0 Å². The molecule has 25 heavy (non-hydrogen) atoms. The van der Waals surface area contributed by atoms with Gasteiger partial charge < -0.3 is 10.6 Å². The minimum atomic E-state index is -0.0919. The van der Waals surface area contributed by atoms with Crippen LogP contribution in [0.1, 0.15) is 26.8 Å². The Labute approximate surface area is 150 Å². The molecule has 3 aromatic rings. The molecule has 0 unspecified atom stereocenters. The lowest BCUT2D eigenvalue weighted by molar-refractivity contribution is 0.0954. The second-order valence-electron chi connectivity index (χ2n) is 5.61. The van der Waals surface area contributed by atoms with Crippen molar-refractivity contribution in [2.45, 2.75) is 20.3 Å².